The fraction of sp³-hybridized carbons (Fsp3) is 0. The van der Waals surface area contributed by atoms with Crippen LogP contribution in [0.25, 0.3) is 0 Å². The molecule has 0 atom stereocenters. The quantitative estimate of drug-likeness (QED) is 0.425. The molecule has 1 aromatic carbocycles. The second-order valence-corrected chi connectivity index (χ2v) is 2.57. The zero-order chi connectivity index (χ0) is 5.98. The molecule has 8 heavy (non-hydrogen) atoms. The molecule has 0 saturated carbocycles. The Balaban J connectivity index is 3.13. The first-order chi connectivity index (χ1) is 3.80. The number of hydrogen-bond acceptors (Lipinski definition) is 1. The van der Waals surface area contributed by atoms with Gasteiger partial charge in [-0.1, -0.05) is 0 Å². The van der Waals surface area contributed by atoms with Crippen LogP contribution in [0.2, 0.25) is 0 Å². The fourth-order valence-corrected chi connectivity index (χ4v) is 0.824. The molecular formula is C6H7NSe. The van der Waals surface area contributed by atoms with Crippen LogP contribution in [-0.2, 0) is 0 Å². The van der Waals surface area contributed by atoms with E-state index in [4.69, 9.17) is 5.73 Å². The Labute approximate surface area is 56.7 Å². The van der Waals surface area contributed by atoms with Crippen LogP contribution in [0.15, 0.2) is 24.3 Å². The maximum atomic E-state index is 5.50. The van der Waals surface area contributed by atoms with Gasteiger partial charge >= 0.3 is 56.2 Å². The van der Waals surface area contributed by atoms with Crippen LogP contribution in [0, 0.1) is 0 Å². The first-order valence-corrected chi connectivity index (χ1v) is 3.28. The standard InChI is InChI=1S/C6H7NSe/c7-5-3-1-2-4-6(5)8/h1-4,8H,7H2. The summed E-state index contributed by atoms with van der Waals surface area (Å²) < 4.78 is 1.08. The number of para-hydroxylation sites is 1. The number of benzene rings is 1. The molecular weight excluding hydrogens is 165 g/mol. The van der Waals surface area contributed by atoms with Crippen molar-refractivity contribution in [1.29, 1.82) is 0 Å². The summed E-state index contributed by atoms with van der Waals surface area (Å²) in [5.41, 5.74) is 6.34. The van der Waals surface area contributed by atoms with E-state index in [0.717, 1.165) is 10.1 Å². The van der Waals surface area contributed by atoms with E-state index in [2.05, 4.69) is 16.0 Å². The molecule has 0 aliphatic heterocycles. The van der Waals surface area contributed by atoms with Gasteiger partial charge in [0.2, 0.25) is 0 Å². The Kier molecular flexibility index (Phi) is 1.56. The summed E-state index contributed by atoms with van der Waals surface area (Å²) >= 11 is 2.42. The average molecular weight is 172 g/mol. The van der Waals surface area contributed by atoms with Gasteiger partial charge < -0.3 is 0 Å². The Bertz CT molecular complexity index is 165. The Morgan fingerprint density at radius 1 is 1.25 bits per heavy atom. The molecule has 1 rings (SSSR count). The molecule has 0 radical (unpaired) electrons. The summed E-state index contributed by atoms with van der Waals surface area (Å²) in [6.45, 7) is 0. The molecule has 0 amide bonds. The normalized spacial score (nSPS) is 9.12. The SMILES string of the molecule is Nc1ccccc1[SeH]. The van der Waals surface area contributed by atoms with Gasteiger partial charge in [0, 0.05) is 0 Å². The van der Waals surface area contributed by atoms with Gasteiger partial charge in [-0.05, 0) is 0 Å². The molecule has 2 heteroatoms. The molecule has 42 valence electrons. The van der Waals surface area contributed by atoms with Crippen LogP contribution in [0.5, 0.6) is 0 Å². The molecule has 1 nitrogen and oxygen atoms in total. The van der Waals surface area contributed by atoms with Crippen molar-refractivity contribution < 1.29 is 0 Å². The third-order valence-electron chi connectivity index (χ3n) is 0.937. The molecule has 0 bridgehead atoms. The van der Waals surface area contributed by atoms with E-state index in [9.17, 15) is 0 Å². The van der Waals surface area contributed by atoms with E-state index in [0.29, 0.717) is 0 Å². The molecule has 0 aromatic heterocycles. The molecule has 0 aliphatic rings. The van der Waals surface area contributed by atoms with Gasteiger partial charge in [0.05, 0.1) is 0 Å². The molecule has 0 saturated heterocycles. The van der Waals surface area contributed by atoms with Gasteiger partial charge in [-0.25, -0.2) is 0 Å². The van der Waals surface area contributed by atoms with E-state index in [1.807, 2.05) is 24.3 Å². The van der Waals surface area contributed by atoms with Crippen LogP contribution < -0.4 is 10.2 Å². The maximum absolute atomic E-state index is 5.50. The fourth-order valence-electron chi connectivity index (χ4n) is 0.488. The van der Waals surface area contributed by atoms with Gasteiger partial charge in [0.15, 0.2) is 0 Å². The van der Waals surface area contributed by atoms with Crippen molar-refractivity contribution in [2.75, 3.05) is 5.73 Å². The summed E-state index contributed by atoms with van der Waals surface area (Å²) in [4.78, 5) is 0. The third-order valence-corrected chi connectivity index (χ3v) is 1.79. The zero-order valence-electron chi connectivity index (χ0n) is 4.33. The Hall–Kier alpha value is -0.461. The summed E-state index contributed by atoms with van der Waals surface area (Å²) in [6.07, 6.45) is 0. The molecule has 0 fully saturated rings. The molecule has 2 N–H and O–H groups in total. The van der Waals surface area contributed by atoms with Gasteiger partial charge in [-0.2, -0.15) is 0 Å². The number of nitrogen functional groups attached to an aromatic ring is 1. The predicted octanol–water partition coefficient (Wildman–Crippen LogP) is -0.205. The second kappa shape index (κ2) is 2.21. The van der Waals surface area contributed by atoms with Crippen molar-refractivity contribution in [3.63, 3.8) is 0 Å². The van der Waals surface area contributed by atoms with E-state index in [-0.39, 0.29) is 0 Å². The number of rotatable bonds is 0. The minimum atomic E-state index is 0.840. The molecule has 0 heterocycles. The second-order valence-electron chi connectivity index (χ2n) is 1.56. The minimum absolute atomic E-state index is 0.840. The molecule has 0 aliphatic carbocycles. The summed E-state index contributed by atoms with van der Waals surface area (Å²) in [7, 11) is 0. The molecule has 0 unspecified atom stereocenters. The van der Waals surface area contributed by atoms with E-state index >= 15 is 0 Å². The van der Waals surface area contributed by atoms with Gasteiger partial charge in [0.25, 0.3) is 0 Å². The van der Waals surface area contributed by atoms with Crippen molar-refractivity contribution >= 4 is 26.2 Å². The number of anilines is 1. The summed E-state index contributed by atoms with van der Waals surface area (Å²) in [5, 5.41) is 0. The van der Waals surface area contributed by atoms with Crippen LogP contribution in [-0.4, -0.2) is 16.0 Å². The third kappa shape index (κ3) is 1.03. The molecule has 1 aromatic rings. The monoisotopic (exact) mass is 173 g/mol. The van der Waals surface area contributed by atoms with Gasteiger partial charge in [0.1, 0.15) is 0 Å². The van der Waals surface area contributed by atoms with Gasteiger partial charge in [-0.3, -0.25) is 0 Å². The number of nitrogens with two attached hydrogens (primary N) is 1. The van der Waals surface area contributed by atoms with E-state index in [1.54, 1.807) is 0 Å². The topological polar surface area (TPSA) is 26.0 Å². The average Bonchev–Trinajstić information content (AvgIpc) is 1.77. The number of hydrogen-bond donors (Lipinski definition) is 1. The first-order valence-electron chi connectivity index (χ1n) is 2.34. The summed E-state index contributed by atoms with van der Waals surface area (Å²) in [6, 6.07) is 7.74. The Morgan fingerprint density at radius 2 is 1.88 bits per heavy atom. The van der Waals surface area contributed by atoms with Crippen molar-refractivity contribution in [3.05, 3.63) is 24.3 Å². The van der Waals surface area contributed by atoms with Crippen molar-refractivity contribution in [2.45, 2.75) is 0 Å². The van der Waals surface area contributed by atoms with Crippen molar-refractivity contribution in [2.24, 2.45) is 0 Å². The van der Waals surface area contributed by atoms with Crippen LogP contribution in [0.4, 0.5) is 5.69 Å². The van der Waals surface area contributed by atoms with Gasteiger partial charge in [-0.15, -0.1) is 0 Å². The molecule has 0 spiro atoms. The van der Waals surface area contributed by atoms with E-state index < -0.39 is 0 Å². The van der Waals surface area contributed by atoms with Crippen molar-refractivity contribution in [3.8, 4) is 0 Å². The Morgan fingerprint density at radius 3 is 2.25 bits per heavy atom. The van der Waals surface area contributed by atoms with Crippen LogP contribution in [0.1, 0.15) is 0 Å². The summed E-state index contributed by atoms with van der Waals surface area (Å²) in [5.74, 6) is 0. The van der Waals surface area contributed by atoms with Crippen LogP contribution >= 0.6 is 0 Å². The zero-order valence-corrected chi connectivity index (χ0v) is 6.21. The van der Waals surface area contributed by atoms with Crippen molar-refractivity contribution in [1.82, 2.24) is 0 Å². The van der Waals surface area contributed by atoms with Crippen LogP contribution in [0.3, 0.4) is 0 Å². The van der Waals surface area contributed by atoms with E-state index in [1.165, 1.54) is 0 Å². The predicted molar refractivity (Wildman–Crippen MR) is 37.6 cm³/mol. The first kappa shape index (κ1) is 5.67.